The van der Waals surface area contributed by atoms with Gasteiger partial charge in [-0.15, -0.1) is 0 Å². The van der Waals surface area contributed by atoms with Gasteiger partial charge < -0.3 is 15.3 Å². The molecule has 0 aromatic carbocycles. The fourth-order valence-electron chi connectivity index (χ4n) is 6.65. The average molecular weight is 533 g/mol. The van der Waals surface area contributed by atoms with Gasteiger partial charge in [0.1, 0.15) is 0 Å². The molecule has 0 bridgehead atoms. The third kappa shape index (κ3) is 4.99. The lowest BCUT2D eigenvalue weighted by Crippen LogP contribution is -2.55. The van der Waals surface area contributed by atoms with Crippen LogP contribution in [-0.4, -0.2) is 45.5 Å². The van der Waals surface area contributed by atoms with Crippen molar-refractivity contribution < 1.29 is 41.7 Å². The van der Waals surface area contributed by atoms with Crippen LogP contribution in [0.4, 0.5) is 26.3 Å². The maximum atomic E-state index is 13.1. The van der Waals surface area contributed by atoms with E-state index in [1.807, 2.05) is 12.2 Å². The second kappa shape index (κ2) is 9.42. The predicted molar refractivity (Wildman–Crippen MR) is 127 cm³/mol. The lowest BCUT2D eigenvalue weighted by atomic mass is 9.61. The van der Waals surface area contributed by atoms with E-state index in [0.29, 0.717) is 24.8 Å². The van der Waals surface area contributed by atoms with Gasteiger partial charge in [-0.2, -0.15) is 26.3 Å². The van der Waals surface area contributed by atoms with Gasteiger partial charge in [0.25, 0.3) is 5.60 Å². The lowest BCUT2D eigenvalue weighted by molar-refractivity contribution is -0.347. The number of aliphatic hydroxyl groups is 3. The van der Waals surface area contributed by atoms with Crippen molar-refractivity contribution in [3.8, 4) is 0 Å². The highest BCUT2D eigenvalue weighted by Crippen LogP contribution is 2.67. The molecule has 0 aromatic rings. The van der Waals surface area contributed by atoms with Crippen molar-refractivity contribution in [2.24, 2.45) is 16.7 Å². The molecule has 0 aromatic heterocycles. The Labute approximate surface area is 212 Å². The minimum atomic E-state index is -5.87. The molecule has 0 heterocycles. The smallest absolute Gasteiger partial charge is 0.393 e. The molecule has 3 N–H and O–H groups in total. The largest absolute Gasteiger partial charge is 0.429 e. The van der Waals surface area contributed by atoms with Crippen molar-refractivity contribution in [2.75, 3.05) is 0 Å². The summed E-state index contributed by atoms with van der Waals surface area (Å²) >= 11 is 0. The van der Waals surface area contributed by atoms with Crippen LogP contribution in [0, 0.1) is 16.7 Å². The van der Waals surface area contributed by atoms with Crippen molar-refractivity contribution >= 4 is 0 Å². The van der Waals surface area contributed by atoms with E-state index in [-0.39, 0.29) is 30.3 Å². The van der Waals surface area contributed by atoms with Crippen LogP contribution in [0.15, 0.2) is 59.3 Å². The minimum absolute atomic E-state index is 0.00825. The van der Waals surface area contributed by atoms with Gasteiger partial charge in [0.2, 0.25) is 0 Å². The van der Waals surface area contributed by atoms with E-state index in [0.717, 1.165) is 42.9 Å². The summed E-state index contributed by atoms with van der Waals surface area (Å²) in [6.07, 6.45) is -0.907. The van der Waals surface area contributed by atoms with Crippen LogP contribution in [0.5, 0.6) is 0 Å². The zero-order valence-corrected chi connectivity index (χ0v) is 20.8. The average Bonchev–Trinajstić information content (AvgIpc) is 3.46. The van der Waals surface area contributed by atoms with Gasteiger partial charge >= 0.3 is 12.4 Å². The highest BCUT2D eigenvalue weighted by atomic mass is 19.4. The van der Waals surface area contributed by atoms with Crippen molar-refractivity contribution in [2.45, 2.75) is 94.9 Å². The molecule has 2 unspecified atom stereocenters. The number of alkyl halides is 6. The first-order chi connectivity index (χ1) is 17.0. The van der Waals surface area contributed by atoms with Crippen molar-refractivity contribution in [1.29, 1.82) is 0 Å². The van der Waals surface area contributed by atoms with E-state index in [1.165, 1.54) is 5.57 Å². The maximum absolute atomic E-state index is 13.1. The number of hydrogen-bond acceptors (Lipinski definition) is 3. The molecular weight excluding hydrogens is 498 g/mol. The molecule has 4 atom stereocenters. The Balaban J connectivity index is 1.53. The van der Waals surface area contributed by atoms with Crippen molar-refractivity contribution in [1.82, 2.24) is 0 Å². The fraction of sp³-hybridized carbons (Fsp3) is 0.643. The Morgan fingerprint density at radius 1 is 1.05 bits per heavy atom. The van der Waals surface area contributed by atoms with Gasteiger partial charge in [-0.1, -0.05) is 49.0 Å². The van der Waals surface area contributed by atoms with Crippen LogP contribution in [0.1, 0.15) is 64.7 Å². The van der Waals surface area contributed by atoms with Gasteiger partial charge in [0, 0.05) is 6.42 Å². The molecule has 3 fully saturated rings. The molecule has 9 heteroatoms. The molecule has 0 spiro atoms. The first-order valence-electron chi connectivity index (χ1n) is 12.7. The van der Waals surface area contributed by atoms with Crippen LogP contribution in [0.3, 0.4) is 0 Å². The summed E-state index contributed by atoms with van der Waals surface area (Å²) in [5.41, 5.74) is -1.88. The Morgan fingerprint density at radius 2 is 1.70 bits per heavy atom. The van der Waals surface area contributed by atoms with Crippen molar-refractivity contribution in [3.05, 3.63) is 59.3 Å². The predicted octanol–water partition coefficient (Wildman–Crippen LogP) is 6.63. The second-order valence-corrected chi connectivity index (χ2v) is 11.4. The number of allylic oxidation sites excluding steroid dienone is 6. The molecule has 206 valence electrons. The second-order valence-electron chi connectivity index (χ2n) is 11.4. The first-order valence-corrected chi connectivity index (χ1v) is 12.7. The first kappa shape index (κ1) is 28.2. The molecular formula is C28H34F6O3. The number of rotatable bonds is 5. The van der Waals surface area contributed by atoms with Gasteiger partial charge in [0.15, 0.2) is 0 Å². The fourth-order valence-corrected chi connectivity index (χ4v) is 6.65. The molecule has 0 amide bonds. The Morgan fingerprint density at radius 3 is 2.30 bits per heavy atom. The number of hydrogen-bond donors (Lipinski definition) is 3. The summed E-state index contributed by atoms with van der Waals surface area (Å²) in [5.74, 6) is 0.170. The molecule has 0 radical (unpaired) electrons. The minimum Gasteiger partial charge on any atom is -0.393 e. The van der Waals surface area contributed by atoms with E-state index < -0.39 is 35.6 Å². The topological polar surface area (TPSA) is 60.7 Å². The van der Waals surface area contributed by atoms with E-state index in [4.69, 9.17) is 0 Å². The van der Waals surface area contributed by atoms with Crippen LogP contribution in [-0.2, 0) is 0 Å². The third-order valence-electron chi connectivity index (χ3n) is 8.97. The molecule has 3 nitrogen and oxygen atoms in total. The van der Waals surface area contributed by atoms with Crippen LogP contribution < -0.4 is 0 Å². The highest BCUT2D eigenvalue weighted by molar-refractivity contribution is 5.42. The van der Waals surface area contributed by atoms with Crippen LogP contribution >= 0.6 is 0 Å². The van der Waals surface area contributed by atoms with E-state index in [2.05, 4.69) is 19.6 Å². The molecule has 4 aliphatic carbocycles. The summed E-state index contributed by atoms with van der Waals surface area (Å²) in [7, 11) is 0. The Kier molecular flexibility index (Phi) is 7.17. The molecule has 4 rings (SSSR count). The third-order valence-corrected chi connectivity index (χ3v) is 8.97. The maximum Gasteiger partial charge on any atom is 0.429 e. The number of halogens is 6. The quantitative estimate of drug-likeness (QED) is 0.275. The van der Waals surface area contributed by atoms with Crippen molar-refractivity contribution in [3.63, 3.8) is 0 Å². The lowest BCUT2D eigenvalue weighted by Gasteiger charge is -2.43. The highest BCUT2D eigenvalue weighted by Gasteiger charge is 2.69. The van der Waals surface area contributed by atoms with Gasteiger partial charge in [-0.25, -0.2) is 0 Å². The standard InChI is InChI=1S/C28H34F6O3/c1-17-19(15-20(35)16-22(17)36)7-6-18-5-3-10-24(2)21(18)8-9-23(24)25(13-14-25)11-4-12-26(37,27(29,30)31)28(32,33)34/h4,6-7,9,12,20-22,35-37H,1,3,5,8,10-11,13-16H2,2H3/b12-4-,18-6+,19-7-/t20?,21?,22-,24-/m0/s1. The normalized spacial score (nSPS) is 34.8. The van der Waals surface area contributed by atoms with Gasteiger partial charge in [-0.05, 0) is 85.3 Å². The SMILES string of the molecule is C=C1/C(=C\C=C2/CCC[C@]3(C)C(C4(C/C=C\C(O)(C(F)(F)F)C(F)(F)F)CC4)=CCC23)CC(O)C[C@@H]1O. The van der Waals surface area contributed by atoms with Crippen LogP contribution in [0.25, 0.3) is 0 Å². The summed E-state index contributed by atoms with van der Waals surface area (Å²) in [6, 6.07) is 0. The zero-order valence-electron chi connectivity index (χ0n) is 20.8. The Bertz CT molecular complexity index is 1030. The number of fused-ring (bicyclic) bond motifs is 1. The summed E-state index contributed by atoms with van der Waals surface area (Å²) in [6.45, 7) is 6.08. The molecule has 4 aliphatic rings. The molecule has 37 heavy (non-hydrogen) atoms. The molecule has 0 aliphatic heterocycles. The van der Waals surface area contributed by atoms with Crippen LogP contribution in [0.2, 0.25) is 0 Å². The molecule has 0 saturated heterocycles. The zero-order chi connectivity index (χ0) is 27.4. The van der Waals surface area contributed by atoms with E-state index in [1.54, 1.807) is 0 Å². The Hall–Kier alpha value is -1.84. The summed E-state index contributed by atoms with van der Waals surface area (Å²) < 4.78 is 78.4. The summed E-state index contributed by atoms with van der Waals surface area (Å²) in [5, 5.41) is 29.6. The van der Waals surface area contributed by atoms with Gasteiger partial charge in [0.05, 0.1) is 12.2 Å². The monoisotopic (exact) mass is 532 g/mol. The molecule has 3 saturated carbocycles. The van der Waals surface area contributed by atoms with E-state index in [9.17, 15) is 41.7 Å². The number of aliphatic hydroxyl groups excluding tert-OH is 2. The van der Waals surface area contributed by atoms with Gasteiger partial charge in [-0.3, -0.25) is 0 Å². The van der Waals surface area contributed by atoms with E-state index >= 15 is 0 Å². The summed E-state index contributed by atoms with van der Waals surface area (Å²) in [4.78, 5) is 0.